The number of aryl methyl sites for hydroxylation is 1. The number of hydrogen-bond donors (Lipinski definition) is 2. The van der Waals surface area contributed by atoms with Crippen LogP contribution in [0.15, 0.2) is 30.3 Å². The van der Waals surface area contributed by atoms with Crippen LogP contribution < -0.4 is 0 Å². The molecule has 1 rings (SSSR count). The number of carboxylic acids is 1. The fourth-order valence-corrected chi connectivity index (χ4v) is 2.02. The van der Waals surface area contributed by atoms with Crippen molar-refractivity contribution in [1.29, 1.82) is 0 Å². The van der Waals surface area contributed by atoms with Crippen LogP contribution in [0, 0.1) is 0 Å². The van der Waals surface area contributed by atoms with Crippen molar-refractivity contribution in [3.05, 3.63) is 35.9 Å². The summed E-state index contributed by atoms with van der Waals surface area (Å²) >= 11 is 4.51. The predicted molar refractivity (Wildman–Crippen MR) is 73.6 cm³/mol. The standard InChI is InChI=1S/C14H20O2S/c15-14(16)9-5-4-8-13(17)11-10-12-6-2-1-3-7-12/h1-3,6-7,13,17H,4-5,8-11H2,(H,15,16)/i6T. The fraction of sp³-hybridized carbons (Fsp3) is 0.500. The Kier molecular flexibility index (Phi) is 6.01. The molecule has 0 bridgehead atoms. The van der Waals surface area contributed by atoms with E-state index in [1.54, 1.807) is 6.07 Å². The first-order valence-electron chi connectivity index (χ1n) is 6.54. The van der Waals surface area contributed by atoms with Crippen LogP contribution in [0.25, 0.3) is 0 Å². The van der Waals surface area contributed by atoms with Gasteiger partial charge in [-0.1, -0.05) is 36.7 Å². The van der Waals surface area contributed by atoms with Gasteiger partial charge in [0.15, 0.2) is 0 Å². The Balaban J connectivity index is 2.19. The summed E-state index contributed by atoms with van der Waals surface area (Å²) in [5.74, 6) is -0.728. The lowest BCUT2D eigenvalue weighted by Crippen LogP contribution is -2.02. The molecule has 0 radical (unpaired) electrons. The van der Waals surface area contributed by atoms with E-state index < -0.39 is 5.97 Å². The van der Waals surface area contributed by atoms with Gasteiger partial charge in [0.2, 0.25) is 0 Å². The van der Waals surface area contributed by atoms with Gasteiger partial charge in [-0.2, -0.15) is 12.6 Å². The average molecular weight is 254 g/mol. The van der Waals surface area contributed by atoms with E-state index >= 15 is 0 Å². The minimum absolute atomic E-state index is 0.246. The molecule has 1 aromatic carbocycles. The van der Waals surface area contributed by atoms with Gasteiger partial charge < -0.3 is 5.11 Å². The summed E-state index contributed by atoms with van der Waals surface area (Å²) in [5, 5.41) is 8.81. The fourth-order valence-electron chi connectivity index (χ4n) is 1.71. The number of rotatable bonds is 8. The highest BCUT2D eigenvalue weighted by Gasteiger charge is 2.04. The predicted octanol–water partition coefficient (Wildman–Crippen LogP) is 3.56. The molecule has 1 unspecified atom stereocenters. The van der Waals surface area contributed by atoms with E-state index in [1.165, 1.54) is 0 Å². The molecule has 2 nitrogen and oxygen atoms in total. The Bertz CT molecular complexity index is 382. The molecule has 0 amide bonds. The third-order valence-corrected chi connectivity index (χ3v) is 3.21. The summed E-state index contributed by atoms with van der Waals surface area (Å²) in [7, 11) is 0. The molecular weight excluding hydrogens is 232 g/mol. The highest BCUT2D eigenvalue weighted by molar-refractivity contribution is 7.80. The molecule has 3 heteroatoms. The summed E-state index contributed by atoms with van der Waals surface area (Å²) in [6.07, 6.45) is 4.62. The Morgan fingerprint density at radius 2 is 2.18 bits per heavy atom. The van der Waals surface area contributed by atoms with Gasteiger partial charge in [-0.25, -0.2) is 0 Å². The summed E-state index contributed by atoms with van der Waals surface area (Å²) in [6, 6.07) is 8.19. The lowest BCUT2D eigenvalue weighted by Gasteiger charge is -2.09. The van der Waals surface area contributed by atoms with Crippen LogP contribution in [-0.4, -0.2) is 16.3 Å². The first-order chi connectivity index (χ1) is 8.59. The largest absolute Gasteiger partial charge is 0.481 e. The van der Waals surface area contributed by atoms with Crippen LogP contribution in [0.2, 0.25) is 0 Å². The van der Waals surface area contributed by atoms with E-state index in [9.17, 15) is 4.79 Å². The molecule has 1 aromatic rings. The van der Waals surface area contributed by atoms with E-state index in [0.717, 1.165) is 37.7 Å². The summed E-state index contributed by atoms with van der Waals surface area (Å²) in [6.45, 7) is 0. The van der Waals surface area contributed by atoms with Crippen molar-refractivity contribution in [3.8, 4) is 0 Å². The Morgan fingerprint density at radius 3 is 2.88 bits per heavy atom. The molecule has 0 heterocycles. The number of unbranched alkanes of at least 4 members (excludes halogenated alkanes) is 1. The molecule has 0 aromatic heterocycles. The molecule has 0 saturated carbocycles. The molecule has 0 aliphatic heterocycles. The Hall–Kier alpha value is -0.960. The third kappa shape index (κ3) is 7.05. The SMILES string of the molecule is [3H]c1ccccc1CCC(S)CCCCC(=O)O. The van der Waals surface area contributed by atoms with Crippen LogP contribution in [0.1, 0.15) is 39.0 Å². The summed E-state index contributed by atoms with van der Waals surface area (Å²) in [5.41, 5.74) is 1.06. The molecule has 1 N–H and O–H groups in total. The van der Waals surface area contributed by atoms with Gasteiger partial charge >= 0.3 is 5.97 Å². The highest BCUT2D eigenvalue weighted by atomic mass is 32.1. The average Bonchev–Trinajstić information content (AvgIpc) is 2.33. The quantitative estimate of drug-likeness (QED) is 0.550. The van der Waals surface area contributed by atoms with Crippen LogP contribution in [0.4, 0.5) is 0 Å². The van der Waals surface area contributed by atoms with Crippen molar-refractivity contribution in [2.75, 3.05) is 0 Å². The number of carboxylic acid groups (broad SMARTS) is 1. The number of hydrogen-bond acceptors (Lipinski definition) is 2. The maximum Gasteiger partial charge on any atom is 0.303 e. The molecular formula is C14H20O2S. The van der Waals surface area contributed by atoms with Crippen molar-refractivity contribution in [3.63, 3.8) is 0 Å². The van der Waals surface area contributed by atoms with Gasteiger partial charge in [-0.15, -0.1) is 0 Å². The van der Waals surface area contributed by atoms with Gasteiger partial charge in [0.25, 0.3) is 0 Å². The number of thiol groups is 1. The van der Waals surface area contributed by atoms with Crippen molar-refractivity contribution in [1.82, 2.24) is 0 Å². The zero-order chi connectivity index (χ0) is 13.4. The Morgan fingerprint density at radius 1 is 1.35 bits per heavy atom. The van der Waals surface area contributed by atoms with Gasteiger partial charge in [-0.05, 0) is 31.2 Å². The number of carbonyl (C=O) groups is 1. The molecule has 94 valence electrons. The van der Waals surface area contributed by atoms with Crippen molar-refractivity contribution in [2.45, 2.75) is 43.8 Å². The molecule has 0 saturated heterocycles. The Labute approximate surface area is 110 Å². The van der Waals surface area contributed by atoms with E-state index in [4.69, 9.17) is 6.48 Å². The van der Waals surface area contributed by atoms with Crippen molar-refractivity contribution < 1.29 is 11.3 Å². The lowest BCUT2D eigenvalue weighted by atomic mass is 10.0. The zero-order valence-corrected chi connectivity index (χ0v) is 10.8. The van der Waals surface area contributed by atoms with Gasteiger partial charge in [-0.3, -0.25) is 4.79 Å². The van der Waals surface area contributed by atoms with Crippen LogP contribution in [-0.2, 0) is 11.2 Å². The normalized spacial score (nSPS) is 13.1. The number of aliphatic carboxylic acids is 1. The second-order valence-electron chi connectivity index (χ2n) is 4.22. The molecule has 0 aliphatic rings. The van der Waals surface area contributed by atoms with Crippen molar-refractivity contribution in [2.24, 2.45) is 0 Å². The minimum atomic E-state index is -0.728. The molecule has 17 heavy (non-hydrogen) atoms. The van der Waals surface area contributed by atoms with E-state index in [0.29, 0.717) is 11.3 Å². The molecule has 0 spiro atoms. The maximum absolute atomic E-state index is 10.4. The van der Waals surface area contributed by atoms with Crippen LogP contribution in [0.3, 0.4) is 0 Å². The topological polar surface area (TPSA) is 37.3 Å². The first-order valence-corrected chi connectivity index (χ1v) is 6.55. The molecule has 0 fully saturated rings. The van der Waals surface area contributed by atoms with E-state index in [-0.39, 0.29) is 6.42 Å². The van der Waals surface area contributed by atoms with Gasteiger partial charge in [0.05, 0.1) is 1.37 Å². The van der Waals surface area contributed by atoms with Crippen LogP contribution in [0.5, 0.6) is 0 Å². The zero-order valence-electron chi connectivity index (χ0n) is 10.9. The minimum Gasteiger partial charge on any atom is -0.481 e. The van der Waals surface area contributed by atoms with Gasteiger partial charge in [0, 0.05) is 11.7 Å². The lowest BCUT2D eigenvalue weighted by molar-refractivity contribution is -0.137. The monoisotopic (exact) mass is 254 g/mol. The van der Waals surface area contributed by atoms with Gasteiger partial charge in [0.1, 0.15) is 0 Å². The van der Waals surface area contributed by atoms with Crippen molar-refractivity contribution >= 4 is 18.6 Å². The first kappa shape index (κ1) is 12.5. The smallest absolute Gasteiger partial charge is 0.303 e. The number of benzene rings is 1. The highest BCUT2D eigenvalue weighted by Crippen LogP contribution is 2.15. The summed E-state index contributed by atoms with van der Waals surface area (Å²) < 4.78 is 7.74. The third-order valence-electron chi connectivity index (χ3n) is 2.70. The van der Waals surface area contributed by atoms with Crippen LogP contribution >= 0.6 is 12.6 Å². The van der Waals surface area contributed by atoms with E-state index in [2.05, 4.69) is 12.6 Å². The van der Waals surface area contributed by atoms with E-state index in [1.807, 2.05) is 18.2 Å². The molecule has 1 atom stereocenters. The summed E-state index contributed by atoms with van der Waals surface area (Å²) in [4.78, 5) is 10.4. The molecule has 0 aliphatic carbocycles. The maximum atomic E-state index is 10.4. The second-order valence-corrected chi connectivity index (χ2v) is 4.95. The second kappa shape index (κ2) is 8.18.